The molecule has 0 aliphatic rings. The number of amides is 1. The average Bonchev–Trinajstić information content (AvgIpc) is 2.55. The van der Waals surface area contributed by atoms with Gasteiger partial charge in [0.05, 0.1) is 25.4 Å². The highest BCUT2D eigenvalue weighted by molar-refractivity contribution is 5.79. The summed E-state index contributed by atoms with van der Waals surface area (Å²) in [6.07, 6.45) is -2.07. The normalized spacial score (nSPS) is 13.9. The summed E-state index contributed by atoms with van der Waals surface area (Å²) in [7, 11) is 1.01. The Balaban J connectivity index is 2.64. The first kappa shape index (κ1) is 19.9. The zero-order valence-corrected chi connectivity index (χ0v) is 13.2. The fourth-order valence-corrected chi connectivity index (χ4v) is 2.04. The van der Waals surface area contributed by atoms with Crippen molar-refractivity contribution >= 4 is 11.9 Å². The van der Waals surface area contributed by atoms with Crippen molar-refractivity contribution < 1.29 is 27.5 Å². The monoisotopic (exact) mass is 347 g/mol. The maximum absolute atomic E-state index is 12.9. The summed E-state index contributed by atoms with van der Waals surface area (Å²) < 4.78 is 43.0. The molecule has 9 heteroatoms. The Morgan fingerprint density at radius 2 is 1.96 bits per heavy atom. The first-order chi connectivity index (χ1) is 11.3. The van der Waals surface area contributed by atoms with Crippen LogP contribution in [0, 0.1) is 11.8 Å². The lowest BCUT2D eigenvalue weighted by Crippen LogP contribution is -2.42. The van der Waals surface area contributed by atoms with Gasteiger partial charge in [0.2, 0.25) is 5.91 Å². The van der Waals surface area contributed by atoms with E-state index in [9.17, 15) is 22.8 Å². The number of carbonyl (C=O) groups excluding carboxylic acids is 2. The lowest BCUT2D eigenvalue weighted by Gasteiger charge is -2.21. The minimum atomic E-state index is -4.62. The lowest BCUT2D eigenvalue weighted by molar-refractivity contribution is -0.183. The number of methoxy groups -OCH3 is 1. The summed E-state index contributed by atoms with van der Waals surface area (Å²) >= 11 is 0. The molecule has 0 spiro atoms. The number of halogens is 3. The highest BCUT2D eigenvalue weighted by atomic mass is 19.4. The van der Waals surface area contributed by atoms with Gasteiger partial charge in [0.25, 0.3) is 0 Å². The number of pyridine rings is 1. The lowest BCUT2D eigenvalue weighted by atomic mass is 9.98. The molecule has 0 saturated heterocycles. The molecule has 2 unspecified atom stereocenters. The first-order valence-corrected chi connectivity index (χ1v) is 7.28. The molecule has 1 amide bonds. The van der Waals surface area contributed by atoms with E-state index in [1.165, 1.54) is 0 Å². The van der Waals surface area contributed by atoms with Crippen LogP contribution in [0.4, 0.5) is 13.2 Å². The van der Waals surface area contributed by atoms with E-state index in [0.717, 1.165) is 12.7 Å². The highest BCUT2D eigenvalue weighted by Crippen LogP contribution is 2.28. The Bertz CT molecular complexity index is 538. The molecule has 0 aliphatic heterocycles. The molecule has 1 aromatic heterocycles. The van der Waals surface area contributed by atoms with Gasteiger partial charge in [-0.1, -0.05) is 0 Å². The maximum Gasteiger partial charge on any atom is 0.394 e. The van der Waals surface area contributed by atoms with Crippen LogP contribution in [0.25, 0.3) is 0 Å². The van der Waals surface area contributed by atoms with Gasteiger partial charge in [-0.2, -0.15) is 13.2 Å². The van der Waals surface area contributed by atoms with Gasteiger partial charge >= 0.3 is 12.1 Å². The molecule has 24 heavy (non-hydrogen) atoms. The largest absolute Gasteiger partial charge is 0.469 e. The van der Waals surface area contributed by atoms with E-state index >= 15 is 0 Å². The summed E-state index contributed by atoms with van der Waals surface area (Å²) in [5.41, 5.74) is 6.35. The molecule has 0 aliphatic carbocycles. The maximum atomic E-state index is 12.9. The number of aromatic nitrogens is 1. The predicted octanol–water partition coefficient (Wildman–Crippen LogP) is 1.06. The summed E-state index contributed by atoms with van der Waals surface area (Å²) in [6, 6.07) is 3.40. The predicted molar refractivity (Wildman–Crippen MR) is 79.7 cm³/mol. The number of nitrogens with zero attached hydrogens (tertiary/aromatic N) is 1. The molecule has 6 nitrogen and oxygen atoms in total. The van der Waals surface area contributed by atoms with Crippen LogP contribution in [-0.2, 0) is 20.7 Å². The third-order valence-corrected chi connectivity index (χ3v) is 3.51. The number of carbonyl (C=O) groups is 2. The third-order valence-electron chi connectivity index (χ3n) is 3.51. The van der Waals surface area contributed by atoms with Crippen LogP contribution >= 0.6 is 0 Å². The standard InChI is InChI=1S/C15H20F3N3O3/c1-24-13(22)7-12(15(16,17)18)9-21-14(23)11(8-19)6-10-2-4-20-5-3-10/h2-5,11-12H,6-9,19H2,1H3,(H,21,23). The fourth-order valence-electron chi connectivity index (χ4n) is 2.04. The molecule has 1 rings (SSSR count). The van der Waals surface area contributed by atoms with Crippen LogP contribution in [0.2, 0.25) is 0 Å². The smallest absolute Gasteiger partial charge is 0.394 e. The second-order valence-corrected chi connectivity index (χ2v) is 5.26. The minimum absolute atomic E-state index is 0.0121. The summed E-state index contributed by atoms with van der Waals surface area (Å²) in [5, 5.41) is 2.23. The number of alkyl halides is 3. The van der Waals surface area contributed by atoms with Crippen LogP contribution in [0.15, 0.2) is 24.5 Å². The minimum Gasteiger partial charge on any atom is -0.469 e. The number of hydrogen-bond donors (Lipinski definition) is 2. The van der Waals surface area contributed by atoms with Crippen molar-refractivity contribution in [2.24, 2.45) is 17.6 Å². The van der Waals surface area contributed by atoms with Crippen molar-refractivity contribution in [1.29, 1.82) is 0 Å². The van der Waals surface area contributed by atoms with Crippen molar-refractivity contribution in [3.05, 3.63) is 30.1 Å². The van der Waals surface area contributed by atoms with E-state index in [1.54, 1.807) is 24.5 Å². The van der Waals surface area contributed by atoms with Crippen LogP contribution in [-0.4, -0.2) is 43.2 Å². The molecule has 1 heterocycles. The van der Waals surface area contributed by atoms with Gasteiger partial charge in [-0.05, 0) is 24.1 Å². The fraction of sp³-hybridized carbons (Fsp3) is 0.533. The number of nitrogens with one attached hydrogen (secondary N) is 1. The van der Waals surface area contributed by atoms with Gasteiger partial charge in [-0.3, -0.25) is 14.6 Å². The molecule has 0 saturated carbocycles. The van der Waals surface area contributed by atoms with Crippen LogP contribution in [0.5, 0.6) is 0 Å². The number of esters is 1. The summed E-state index contributed by atoms with van der Waals surface area (Å²) in [4.78, 5) is 27.0. The number of hydrogen-bond acceptors (Lipinski definition) is 5. The van der Waals surface area contributed by atoms with Gasteiger partial charge in [-0.15, -0.1) is 0 Å². The summed E-state index contributed by atoms with van der Waals surface area (Å²) in [5.74, 6) is -4.25. The topological polar surface area (TPSA) is 94.3 Å². The van der Waals surface area contributed by atoms with Crippen LogP contribution < -0.4 is 11.1 Å². The number of rotatable bonds is 8. The molecule has 2 atom stereocenters. The van der Waals surface area contributed by atoms with E-state index in [1.807, 2.05) is 0 Å². The number of nitrogens with two attached hydrogens (primary N) is 1. The third kappa shape index (κ3) is 6.53. The van der Waals surface area contributed by atoms with Gasteiger partial charge in [0, 0.05) is 25.5 Å². The van der Waals surface area contributed by atoms with Gasteiger partial charge < -0.3 is 15.8 Å². The zero-order valence-electron chi connectivity index (χ0n) is 13.2. The molecule has 0 radical (unpaired) electrons. The molecule has 134 valence electrons. The molecule has 0 fully saturated rings. The Hall–Kier alpha value is -2.16. The van der Waals surface area contributed by atoms with Crippen molar-refractivity contribution in [3.63, 3.8) is 0 Å². The van der Waals surface area contributed by atoms with E-state index in [4.69, 9.17) is 5.73 Å². The van der Waals surface area contributed by atoms with Crippen LogP contribution in [0.3, 0.4) is 0 Å². The Kier molecular flexibility index (Phi) is 7.63. The average molecular weight is 347 g/mol. The van der Waals surface area contributed by atoms with Gasteiger partial charge in [0.1, 0.15) is 0 Å². The second kappa shape index (κ2) is 9.21. The Morgan fingerprint density at radius 3 is 2.46 bits per heavy atom. The number of ether oxygens (including phenoxy) is 1. The van der Waals surface area contributed by atoms with E-state index < -0.39 is 42.9 Å². The SMILES string of the molecule is COC(=O)CC(CNC(=O)C(CN)Cc1ccncc1)C(F)(F)F. The van der Waals surface area contributed by atoms with Crippen molar-refractivity contribution in [2.75, 3.05) is 20.2 Å². The van der Waals surface area contributed by atoms with E-state index in [-0.39, 0.29) is 6.54 Å². The molecular formula is C15H20F3N3O3. The Morgan fingerprint density at radius 1 is 1.33 bits per heavy atom. The zero-order chi connectivity index (χ0) is 18.2. The first-order valence-electron chi connectivity index (χ1n) is 7.28. The van der Waals surface area contributed by atoms with Crippen molar-refractivity contribution in [1.82, 2.24) is 10.3 Å². The highest BCUT2D eigenvalue weighted by Gasteiger charge is 2.41. The van der Waals surface area contributed by atoms with E-state index in [2.05, 4.69) is 15.0 Å². The van der Waals surface area contributed by atoms with Gasteiger partial charge in [-0.25, -0.2) is 0 Å². The molecule has 1 aromatic rings. The molecule has 0 aromatic carbocycles. The van der Waals surface area contributed by atoms with Gasteiger partial charge in [0.15, 0.2) is 0 Å². The van der Waals surface area contributed by atoms with Crippen LogP contribution in [0.1, 0.15) is 12.0 Å². The van der Waals surface area contributed by atoms with E-state index in [0.29, 0.717) is 6.42 Å². The Labute approximate surface area is 137 Å². The second-order valence-electron chi connectivity index (χ2n) is 5.26. The van der Waals surface area contributed by atoms with Crippen molar-refractivity contribution in [2.45, 2.75) is 19.0 Å². The molecular weight excluding hydrogens is 327 g/mol. The quantitative estimate of drug-likeness (QED) is 0.686. The molecule has 0 bridgehead atoms. The summed E-state index contributed by atoms with van der Waals surface area (Å²) in [6.45, 7) is -0.716. The molecule has 3 N–H and O–H groups in total. The van der Waals surface area contributed by atoms with Crippen molar-refractivity contribution in [3.8, 4) is 0 Å².